The molecular weight excluding hydrogens is 212 g/mol. The number of rotatable bonds is 1. The third kappa shape index (κ3) is 1.99. The van der Waals surface area contributed by atoms with Crippen molar-refractivity contribution >= 4 is 11.3 Å². The van der Waals surface area contributed by atoms with Gasteiger partial charge < -0.3 is 5.73 Å². The molecule has 0 radical (unpaired) electrons. The molecule has 0 spiro atoms. The Morgan fingerprint density at radius 1 is 1.06 bits per heavy atom. The number of pyridine rings is 1. The normalized spacial score (nSPS) is 18.4. The molecule has 0 atom stereocenters. The van der Waals surface area contributed by atoms with Crippen LogP contribution < -0.4 is 5.73 Å². The van der Waals surface area contributed by atoms with Crippen LogP contribution in [0.15, 0.2) is 18.3 Å². The molecule has 0 amide bonds. The molecule has 1 fully saturated rings. The highest BCUT2D eigenvalue weighted by Gasteiger charge is 2.19. The van der Waals surface area contributed by atoms with Crippen molar-refractivity contribution in [2.45, 2.75) is 44.4 Å². The fraction of sp³-hybridized carbons (Fsp3) is 0.538. The van der Waals surface area contributed by atoms with Crippen molar-refractivity contribution in [2.75, 3.05) is 5.73 Å². The van der Waals surface area contributed by atoms with E-state index in [1.807, 2.05) is 18.3 Å². The van der Waals surface area contributed by atoms with Gasteiger partial charge in [0.05, 0.1) is 0 Å². The first-order valence-electron chi connectivity index (χ1n) is 6.45. The molecule has 0 unspecified atom stereocenters. The molecule has 2 N–H and O–H groups in total. The van der Waals surface area contributed by atoms with Gasteiger partial charge in [-0.25, -0.2) is 0 Å². The Bertz CT molecular complexity index is 509. The number of nitrogen functional groups attached to an aromatic ring is 1. The third-order valence-electron chi connectivity index (χ3n) is 3.67. The van der Waals surface area contributed by atoms with Crippen molar-refractivity contribution in [3.8, 4) is 0 Å². The fourth-order valence-electron chi connectivity index (χ4n) is 2.74. The molecule has 1 saturated carbocycles. The van der Waals surface area contributed by atoms with Gasteiger partial charge in [-0.3, -0.25) is 4.40 Å². The zero-order valence-electron chi connectivity index (χ0n) is 9.97. The summed E-state index contributed by atoms with van der Waals surface area (Å²) in [5, 5.41) is 8.58. The zero-order chi connectivity index (χ0) is 11.7. The average Bonchev–Trinajstić information content (AvgIpc) is 2.58. The Balaban J connectivity index is 2.00. The van der Waals surface area contributed by atoms with Gasteiger partial charge in [0.2, 0.25) is 0 Å². The highest BCUT2D eigenvalue weighted by Crippen LogP contribution is 2.30. The van der Waals surface area contributed by atoms with Gasteiger partial charge in [-0.2, -0.15) is 0 Å². The van der Waals surface area contributed by atoms with E-state index in [-0.39, 0.29) is 0 Å². The van der Waals surface area contributed by atoms with E-state index >= 15 is 0 Å². The Kier molecular flexibility index (Phi) is 2.71. The highest BCUT2D eigenvalue weighted by molar-refractivity contribution is 5.47. The number of hydrogen-bond acceptors (Lipinski definition) is 3. The first-order valence-corrected chi connectivity index (χ1v) is 6.45. The predicted molar refractivity (Wildman–Crippen MR) is 67.8 cm³/mol. The lowest BCUT2D eigenvalue weighted by atomic mass is 10.00. The lowest BCUT2D eigenvalue weighted by molar-refractivity contribution is 0.555. The molecule has 1 aliphatic carbocycles. The van der Waals surface area contributed by atoms with Gasteiger partial charge in [0.15, 0.2) is 5.65 Å². The van der Waals surface area contributed by atoms with Crippen molar-refractivity contribution in [1.29, 1.82) is 0 Å². The molecule has 2 aromatic heterocycles. The summed E-state index contributed by atoms with van der Waals surface area (Å²) in [4.78, 5) is 0. The second-order valence-corrected chi connectivity index (χ2v) is 4.94. The summed E-state index contributed by atoms with van der Waals surface area (Å²) in [6, 6.07) is 3.81. The van der Waals surface area contributed by atoms with Gasteiger partial charge in [0.25, 0.3) is 0 Å². The molecule has 3 rings (SSSR count). The van der Waals surface area contributed by atoms with E-state index in [1.165, 1.54) is 38.5 Å². The quantitative estimate of drug-likeness (QED) is 0.766. The summed E-state index contributed by atoms with van der Waals surface area (Å²) < 4.78 is 2.06. The Hall–Kier alpha value is -1.58. The molecule has 17 heavy (non-hydrogen) atoms. The van der Waals surface area contributed by atoms with Gasteiger partial charge >= 0.3 is 0 Å². The molecule has 0 aliphatic heterocycles. The lowest BCUT2D eigenvalue weighted by Crippen LogP contribution is -2.04. The molecular formula is C13H18N4. The molecule has 0 saturated heterocycles. The molecule has 90 valence electrons. The molecule has 4 heteroatoms. The van der Waals surface area contributed by atoms with E-state index in [1.54, 1.807) is 0 Å². The first kappa shape index (κ1) is 10.6. The maximum absolute atomic E-state index is 5.84. The van der Waals surface area contributed by atoms with Crippen LogP contribution in [0.5, 0.6) is 0 Å². The fourth-order valence-corrected chi connectivity index (χ4v) is 2.74. The molecule has 0 aromatic carbocycles. The van der Waals surface area contributed by atoms with E-state index in [9.17, 15) is 0 Å². The van der Waals surface area contributed by atoms with E-state index in [0.29, 0.717) is 5.92 Å². The average molecular weight is 230 g/mol. The molecule has 4 nitrogen and oxygen atoms in total. The summed E-state index contributed by atoms with van der Waals surface area (Å²) in [7, 11) is 0. The van der Waals surface area contributed by atoms with Crippen LogP contribution in [0.4, 0.5) is 5.69 Å². The number of aromatic nitrogens is 3. The number of anilines is 1. The van der Waals surface area contributed by atoms with Crippen LogP contribution in [0, 0.1) is 0 Å². The summed E-state index contributed by atoms with van der Waals surface area (Å²) in [6.45, 7) is 0. The van der Waals surface area contributed by atoms with Crippen LogP contribution >= 0.6 is 0 Å². The zero-order valence-corrected chi connectivity index (χ0v) is 9.97. The standard InChI is InChI=1S/C13H18N4/c14-11-7-8-12-15-16-13(17(12)9-11)10-5-3-1-2-4-6-10/h7-10H,1-6,14H2. The van der Waals surface area contributed by atoms with Crippen LogP contribution in [0.1, 0.15) is 50.3 Å². The SMILES string of the molecule is Nc1ccc2nnc(C3CCCCCC3)n2c1. The Labute approximate surface area is 101 Å². The highest BCUT2D eigenvalue weighted by atomic mass is 15.2. The molecule has 2 heterocycles. The maximum Gasteiger partial charge on any atom is 0.160 e. The van der Waals surface area contributed by atoms with Crippen molar-refractivity contribution < 1.29 is 0 Å². The molecule has 1 aliphatic rings. The van der Waals surface area contributed by atoms with Crippen LogP contribution in [0.3, 0.4) is 0 Å². The maximum atomic E-state index is 5.84. The molecule has 0 bridgehead atoms. The van der Waals surface area contributed by atoms with Gasteiger partial charge in [0, 0.05) is 17.8 Å². The van der Waals surface area contributed by atoms with Crippen LogP contribution in [0.25, 0.3) is 5.65 Å². The smallest absolute Gasteiger partial charge is 0.160 e. The monoisotopic (exact) mass is 230 g/mol. The number of fused-ring (bicyclic) bond motifs is 1. The topological polar surface area (TPSA) is 56.2 Å². The van der Waals surface area contributed by atoms with Gasteiger partial charge in [-0.05, 0) is 25.0 Å². The summed E-state index contributed by atoms with van der Waals surface area (Å²) in [5.41, 5.74) is 7.51. The van der Waals surface area contributed by atoms with Crippen LogP contribution in [0.2, 0.25) is 0 Å². The van der Waals surface area contributed by atoms with E-state index in [0.717, 1.165) is 17.2 Å². The minimum atomic E-state index is 0.550. The van der Waals surface area contributed by atoms with Crippen LogP contribution in [-0.4, -0.2) is 14.6 Å². The van der Waals surface area contributed by atoms with Gasteiger partial charge in [-0.15, -0.1) is 10.2 Å². The van der Waals surface area contributed by atoms with E-state index < -0.39 is 0 Å². The Morgan fingerprint density at radius 3 is 2.59 bits per heavy atom. The van der Waals surface area contributed by atoms with Crippen molar-refractivity contribution in [1.82, 2.24) is 14.6 Å². The number of hydrogen-bond donors (Lipinski definition) is 1. The van der Waals surface area contributed by atoms with Crippen molar-refractivity contribution in [3.05, 3.63) is 24.2 Å². The van der Waals surface area contributed by atoms with E-state index in [2.05, 4.69) is 14.6 Å². The van der Waals surface area contributed by atoms with Crippen LogP contribution in [-0.2, 0) is 0 Å². The first-order chi connectivity index (χ1) is 8.34. The van der Waals surface area contributed by atoms with E-state index in [4.69, 9.17) is 5.73 Å². The number of nitrogens with zero attached hydrogens (tertiary/aromatic N) is 3. The largest absolute Gasteiger partial charge is 0.398 e. The van der Waals surface area contributed by atoms with Crippen molar-refractivity contribution in [3.63, 3.8) is 0 Å². The summed E-state index contributed by atoms with van der Waals surface area (Å²) in [5.74, 6) is 1.64. The summed E-state index contributed by atoms with van der Waals surface area (Å²) >= 11 is 0. The number of nitrogens with two attached hydrogens (primary N) is 1. The Morgan fingerprint density at radius 2 is 1.82 bits per heavy atom. The minimum absolute atomic E-state index is 0.550. The lowest BCUT2D eigenvalue weighted by Gasteiger charge is -2.11. The van der Waals surface area contributed by atoms with Gasteiger partial charge in [-0.1, -0.05) is 25.7 Å². The predicted octanol–water partition coefficient (Wildman–Crippen LogP) is 2.75. The van der Waals surface area contributed by atoms with Crippen molar-refractivity contribution in [2.24, 2.45) is 0 Å². The third-order valence-corrected chi connectivity index (χ3v) is 3.67. The van der Waals surface area contributed by atoms with Gasteiger partial charge in [0.1, 0.15) is 5.82 Å². The molecule has 2 aromatic rings. The summed E-state index contributed by atoms with van der Waals surface area (Å²) in [6.07, 6.45) is 9.73. The second kappa shape index (κ2) is 4.35. The minimum Gasteiger partial charge on any atom is -0.398 e. The second-order valence-electron chi connectivity index (χ2n) is 4.94.